The van der Waals surface area contributed by atoms with E-state index in [9.17, 15) is 4.79 Å². The summed E-state index contributed by atoms with van der Waals surface area (Å²) in [6.07, 6.45) is 9.61. The molecular formula is C14H26N2O2. The fourth-order valence-corrected chi connectivity index (χ4v) is 3.09. The van der Waals surface area contributed by atoms with Gasteiger partial charge in [0, 0.05) is 6.04 Å². The van der Waals surface area contributed by atoms with Crippen LogP contribution in [-0.2, 0) is 9.53 Å². The lowest BCUT2D eigenvalue weighted by atomic mass is 9.85. The molecule has 1 saturated heterocycles. The van der Waals surface area contributed by atoms with Gasteiger partial charge in [0.1, 0.15) is 12.6 Å². The van der Waals surface area contributed by atoms with E-state index in [0.29, 0.717) is 6.61 Å². The van der Waals surface area contributed by atoms with Gasteiger partial charge in [0.2, 0.25) is 0 Å². The summed E-state index contributed by atoms with van der Waals surface area (Å²) in [5.74, 6) is 0.628. The highest BCUT2D eigenvalue weighted by atomic mass is 16.5. The maximum atomic E-state index is 11.7. The number of nitrogens with two attached hydrogens (primary N) is 1. The van der Waals surface area contributed by atoms with E-state index in [-0.39, 0.29) is 18.1 Å². The zero-order chi connectivity index (χ0) is 12.8. The fourth-order valence-electron chi connectivity index (χ4n) is 3.09. The molecule has 2 rings (SSSR count). The van der Waals surface area contributed by atoms with Crippen LogP contribution in [0.5, 0.6) is 0 Å². The maximum absolute atomic E-state index is 11.7. The topological polar surface area (TPSA) is 64.3 Å². The predicted molar refractivity (Wildman–Crippen MR) is 71.2 cm³/mol. The molecule has 1 aliphatic heterocycles. The Morgan fingerprint density at radius 3 is 2.67 bits per heavy atom. The van der Waals surface area contributed by atoms with E-state index in [4.69, 9.17) is 10.5 Å². The molecule has 0 aromatic carbocycles. The first-order valence-electron chi connectivity index (χ1n) is 7.41. The molecule has 2 fully saturated rings. The summed E-state index contributed by atoms with van der Waals surface area (Å²) in [5.41, 5.74) is 6.05. The van der Waals surface area contributed by atoms with Crippen molar-refractivity contribution in [1.82, 2.24) is 5.32 Å². The minimum Gasteiger partial charge on any atom is -0.463 e. The highest BCUT2D eigenvalue weighted by Gasteiger charge is 2.24. The van der Waals surface area contributed by atoms with Crippen molar-refractivity contribution < 1.29 is 9.53 Å². The summed E-state index contributed by atoms with van der Waals surface area (Å²) >= 11 is 0. The second-order valence-corrected chi connectivity index (χ2v) is 5.78. The Labute approximate surface area is 110 Å². The summed E-state index contributed by atoms with van der Waals surface area (Å²) in [6, 6.07) is -0.0784. The average Bonchev–Trinajstić information content (AvgIpc) is 2.91. The Balaban J connectivity index is 1.61. The predicted octanol–water partition coefficient (Wildman–Crippen LogP) is 1.58. The summed E-state index contributed by atoms with van der Waals surface area (Å²) in [5, 5.41) is 3.15. The van der Waals surface area contributed by atoms with E-state index in [2.05, 4.69) is 5.32 Å². The largest absolute Gasteiger partial charge is 0.463 e. The van der Waals surface area contributed by atoms with Gasteiger partial charge in [-0.3, -0.25) is 4.79 Å². The Bertz CT molecular complexity index is 259. The van der Waals surface area contributed by atoms with Crippen LogP contribution >= 0.6 is 0 Å². The second-order valence-electron chi connectivity index (χ2n) is 5.78. The molecular weight excluding hydrogens is 228 g/mol. The van der Waals surface area contributed by atoms with Crippen molar-refractivity contribution in [2.24, 2.45) is 11.7 Å². The van der Waals surface area contributed by atoms with Crippen molar-refractivity contribution in [2.45, 2.75) is 63.5 Å². The average molecular weight is 254 g/mol. The Morgan fingerprint density at radius 2 is 2.00 bits per heavy atom. The van der Waals surface area contributed by atoms with Gasteiger partial charge in [0.25, 0.3) is 0 Å². The van der Waals surface area contributed by atoms with Crippen LogP contribution in [0.3, 0.4) is 0 Å². The van der Waals surface area contributed by atoms with Crippen LogP contribution in [0.1, 0.15) is 51.4 Å². The first-order valence-corrected chi connectivity index (χ1v) is 7.41. The highest BCUT2D eigenvalue weighted by molar-refractivity contribution is 5.76. The molecule has 0 aromatic rings. The molecule has 4 heteroatoms. The molecule has 104 valence electrons. The van der Waals surface area contributed by atoms with Crippen molar-refractivity contribution in [3.8, 4) is 0 Å². The van der Waals surface area contributed by atoms with E-state index < -0.39 is 0 Å². The third-order valence-corrected chi connectivity index (χ3v) is 4.15. The second kappa shape index (κ2) is 7.10. The fraction of sp³-hybridized carbons (Fsp3) is 0.929. The van der Waals surface area contributed by atoms with Gasteiger partial charge in [-0.1, -0.05) is 32.1 Å². The summed E-state index contributed by atoms with van der Waals surface area (Å²) in [6.45, 7) is 1.31. The van der Waals surface area contributed by atoms with Crippen molar-refractivity contribution in [3.05, 3.63) is 0 Å². The molecule has 1 heterocycles. The minimum atomic E-state index is -0.119. The quantitative estimate of drug-likeness (QED) is 0.731. The Kier molecular flexibility index (Phi) is 5.45. The van der Waals surface area contributed by atoms with E-state index in [1.54, 1.807) is 0 Å². The molecule has 0 aromatic heterocycles. The normalized spacial score (nSPS) is 27.1. The van der Waals surface area contributed by atoms with Crippen LogP contribution in [0.25, 0.3) is 0 Å². The molecule has 1 saturated carbocycles. The summed E-state index contributed by atoms with van der Waals surface area (Å²) in [4.78, 5) is 11.7. The monoisotopic (exact) mass is 254 g/mol. The summed E-state index contributed by atoms with van der Waals surface area (Å²) in [7, 11) is 0. The lowest BCUT2D eigenvalue weighted by molar-refractivity contribution is -0.146. The third kappa shape index (κ3) is 4.25. The molecule has 0 bridgehead atoms. The molecule has 2 aliphatic rings. The molecule has 0 amide bonds. The molecule has 4 nitrogen and oxygen atoms in total. The molecule has 1 aliphatic carbocycles. The number of hydrogen-bond donors (Lipinski definition) is 2. The van der Waals surface area contributed by atoms with Crippen LogP contribution in [-0.4, -0.2) is 31.2 Å². The van der Waals surface area contributed by atoms with E-state index >= 15 is 0 Å². The summed E-state index contributed by atoms with van der Waals surface area (Å²) < 4.78 is 5.30. The van der Waals surface area contributed by atoms with Gasteiger partial charge in [-0.05, 0) is 31.7 Å². The maximum Gasteiger partial charge on any atom is 0.323 e. The van der Waals surface area contributed by atoms with Gasteiger partial charge < -0.3 is 15.8 Å². The number of rotatable bonds is 5. The zero-order valence-corrected chi connectivity index (χ0v) is 11.2. The van der Waals surface area contributed by atoms with Gasteiger partial charge in [0.15, 0.2) is 0 Å². The zero-order valence-electron chi connectivity index (χ0n) is 11.2. The number of hydrogen-bond acceptors (Lipinski definition) is 4. The first kappa shape index (κ1) is 13.8. The lowest BCUT2D eigenvalue weighted by Crippen LogP contribution is -2.36. The van der Waals surface area contributed by atoms with Gasteiger partial charge >= 0.3 is 5.97 Å². The molecule has 3 N–H and O–H groups in total. The van der Waals surface area contributed by atoms with Crippen LogP contribution in [0.4, 0.5) is 0 Å². The first-order chi connectivity index (χ1) is 8.75. The molecule has 0 spiro atoms. The molecule has 0 radical (unpaired) electrons. The molecule has 2 atom stereocenters. The van der Waals surface area contributed by atoms with Crippen LogP contribution < -0.4 is 11.1 Å². The SMILES string of the molecule is NC(COC(=O)C1CCCN1)CC1CCCCC1. The highest BCUT2D eigenvalue weighted by Crippen LogP contribution is 2.26. The Hall–Kier alpha value is -0.610. The number of carbonyl (C=O) groups excluding carboxylic acids is 1. The number of carbonyl (C=O) groups is 1. The lowest BCUT2D eigenvalue weighted by Gasteiger charge is -2.24. The smallest absolute Gasteiger partial charge is 0.323 e. The van der Waals surface area contributed by atoms with Crippen molar-refractivity contribution >= 4 is 5.97 Å². The van der Waals surface area contributed by atoms with Gasteiger partial charge in [-0.15, -0.1) is 0 Å². The van der Waals surface area contributed by atoms with Crippen molar-refractivity contribution in [2.75, 3.05) is 13.2 Å². The van der Waals surface area contributed by atoms with Gasteiger partial charge in [-0.25, -0.2) is 0 Å². The third-order valence-electron chi connectivity index (χ3n) is 4.15. The van der Waals surface area contributed by atoms with Crippen molar-refractivity contribution in [3.63, 3.8) is 0 Å². The van der Waals surface area contributed by atoms with Gasteiger partial charge in [-0.2, -0.15) is 0 Å². The molecule has 2 unspecified atom stereocenters. The minimum absolute atomic E-state index is 0.0125. The van der Waals surface area contributed by atoms with Crippen molar-refractivity contribution in [1.29, 1.82) is 0 Å². The molecule has 18 heavy (non-hydrogen) atoms. The van der Waals surface area contributed by atoms with Gasteiger partial charge in [0.05, 0.1) is 0 Å². The number of nitrogens with one attached hydrogen (secondary N) is 1. The number of esters is 1. The van der Waals surface area contributed by atoms with E-state index in [1.807, 2.05) is 0 Å². The standard InChI is InChI=1S/C14H26N2O2/c15-12(9-11-5-2-1-3-6-11)10-18-14(17)13-7-4-8-16-13/h11-13,16H,1-10,15H2. The van der Waals surface area contributed by atoms with E-state index in [0.717, 1.165) is 31.7 Å². The van der Waals surface area contributed by atoms with Crippen LogP contribution in [0.2, 0.25) is 0 Å². The van der Waals surface area contributed by atoms with Crippen LogP contribution in [0.15, 0.2) is 0 Å². The van der Waals surface area contributed by atoms with E-state index in [1.165, 1.54) is 32.1 Å². The number of ether oxygens (including phenoxy) is 1. The van der Waals surface area contributed by atoms with Crippen LogP contribution in [0, 0.1) is 5.92 Å². The Morgan fingerprint density at radius 1 is 1.22 bits per heavy atom.